The van der Waals surface area contributed by atoms with Crippen molar-refractivity contribution >= 4 is 11.6 Å². The van der Waals surface area contributed by atoms with Gasteiger partial charge < -0.3 is 10.6 Å². The van der Waals surface area contributed by atoms with Crippen LogP contribution < -0.4 is 10.6 Å². The zero-order chi connectivity index (χ0) is 14.4. The molecule has 1 fully saturated rings. The summed E-state index contributed by atoms with van der Waals surface area (Å²) in [5.74, 6) is 0.0209. The van der Waals surface area contributed by atoms with Crippen LogP contribution >= 0.6 is 0 Å². The minimum absolute atomic E-state index is 0.0209. The topological polar surface area (TPSA) is 44.4 Å². The van der Waals surface area contributed by atoms with Gasteiger partial charge in [-0.2, -0.15) is 0 Å². The van der Waals surface area contributed by atoms with Gasteiger partial charge in [-0.1, -0.05) is 32.0 Å². The van der Waals surface area contributed by atoms with E-state index in [9.17, 15) is 4.79 Å². The molecule has 1 aromatic carbocycles. The van der Waals surface area contributed by atoms with Gasteiger partial charge >= 0.3 is 0 Å². The van der Waals surface area contributed by atoms with Crippen molar-refractivity contribution in [2.45, 2.75) is 39.3 Å². The van der Waals surface area contributed by atoms with Crippen LogP contribution in [0.4, 0.5) is 5.69 Å². The summed E-state index contributed by atoms with van der Waals surface area (Å²) in [5.41, 5.74) is 2.14. The second kappa shape index (κ2) is 7.41. The van der Waals surface area contributed by atoms with E-state index in [1.807, 2.05) is 32.0 Å². The Hall–Kier alpha value is -1.39. The molecule has 1 heterocycles. The van der Waals surface area contributed by atoms with Gasteiger partial charge in [0.2, 0.25) is 5.91 Å². The van der Waals surface area contributed by atoms with E-state index in [1.54, 1.807) is 0 Å². The Balaban J connectivity index is 1.94. The van der Waals surface area contributed by atoms with Gasteiger partial charge in [-0.3, -0.25) is 9.69 Å². The van der Waals surface area contributed by atoms with Gasteiger partial charge in [-0.15, -0.1) is 0 Å². The van der Waals surface area contributed by atoms with E-state index in [-0.39, 0.29) is 5.91 Å². The molecule has 0 aromatic heterocycles. The average Bonchev–Trinajstić information content (AvgIpc) is 2.92. The number of amides is 1. The maximum absolute atomic E-state index is 11.9. The van der Waals surface area contributed by atoms with E-state index in [4.69, 9.17) is 0 Å². The standard InChI is InChI=1S/C16H25N3O/c1-13(2)17-11-16(20)18-15-8-4-3-7-14(15)12-19-9-5-6-10-19/h3-4,7-8,13,17H,5-6,9-12H2,1-2H3,(H,18,20). The highest BCUT2D eigenvalue weighted by molar-refractivity contribution is 5.93. The maximum Gasteiger partial charge on any atom is 0.238 e. The molecule has 0 bridgehead atoms. The summed E-state index contributed by atoms with van der Waals surface area (Å²) < 4.78 is 0. The lowest BCUT2D eigenvalue weighted by molar-refractivity contribution is -0.115. The van der Waals surface area contributed by atoms with Crippen LogP contribution in [0.1, 0.15) is 32.3 Å². The Morgan fingerprint density at radius 3 is 2.65 bits per heavy atom. The molecule has 1 saturated heterocycles. The molecule has 0 spiro atoms. The minimum Gasteiger partial charge on any atom is -0.325 e. The van der Waals surface area contributed by atoms with Crippen LogP contribution in [0.25, 0.3) is 0 Å². The van der Waals surface area contributed by atoms with Gasteiger partial charge in [0.1, 0.15) is 0 Å². The quantitative estimate of drug-likeness (QED) is 0.836. The molecule has 1 aromatic rings. The van der Waals surface area contributed by atoms with Crippen LogP contribution in [0.3, 0.4) is 0 Å². The van der Waals surface area contributed by atoms with Crippen molar-refractivity contribution in [2.24, 2.45) is 0 Å². The molecule has 2 N–H and O–H groups in total. The molecule has 20 heavy (non-hydrogen) atoms. The van der Waals surface area contributed by atoms with E-state index >= 15 is 0 Å². The number of nitrogens with zero attached hydrogens (tertiary/aromatic N) is 1. The van der Waals surface area contributed by atoms with Crippen LogP contribution in [0.5, 0.6) is 0 Å². The van der Waals surface area contributed by atoms with E-state index in [1.165, 1.54) is 18.4 Å². The number of benzene rings is 1. The van der Waals surface area contributed by atoms with E-state index in [0.29, 0.717) is 12.6 Å². The number of hydrogen-bond acceptors (Lipinski definition) is 3. The molecule has 0 unspecified atom stereocenters. The van der Waals surface area contributed by atoms with Crippen LogP contribution in [-0.2, 0) is 11.3 Å². The van der Waals surface area contributed by atoms with Gasteiger partial charge in [-0.25, -0.2) is 0 Å². The van der Waals surface area contributed by atoms with Gasteiger partial charge in [0.05, 0.1) is 6.54 Å². The zero-order valence-corrected chi connectivity index (χ0v) is 12.5. The summed E-state index contributed by atoms with van der Waals surface area (Å²) in [7, 11) is 0. The molecule has 4 nitrogen and oxygen atoms in total. The van der Waals surface area contributed by atoms with Crippen LogP contribution in [0, 0.1) is 0 Å². The number of rotatable bonds is 6. The van der Waals surface area contributed by atoms with Gasteiger partial charge in [0, 0.05) is 18.3 Å². The highest BCUT2D eigenvalue weighted by Crippen LogP contribution is 2.19. The number of hydrogen-bond donors (Lipinski definition) is 2. The van der Waals surface area contributed by atoms with Gasteiger partial charge in [0.25, 0.3) is 0 Å². The number of carbonyl (C=O) groups is 1. The number of nitrogens with one attached hydrogen (secondary N) is 2. The summed E-state index contributed by atoms with van der Waals surface area (Å²) in [6.45, 7) is 7.68. The van der Waals surface area contributed by atoms with Crippen LogP contribution in [-0.4, -0.2) is 36.5 Å². The first-order valence-electron chi connectivity index (χ1n) is 7.48. The zero-order valence-electron chi connectivity index (χ0n) is 12.5. The molecule has 1 amide bonds. The Morgan fingerprint density at radius 2 is 1.95 bits per heavy atom. The average molecular weight is 275 g/mol. The first-order valence-corrected chi connectivity index (χ1v) is 7.48. The second-order valence-corrected chi connectivity index (χ2v) is 5.72. The molecule has 0 aliphatic carbocycles. The first kappa shape index (κ1) is 15.0. The number of anilines is 1. The third-order valence-corrected chi connectivity index (χ3v) is 3.55. The molecule has 2 rings (SSSR count). The predicted molar refractivity (Wildman–Crippen MR) is 82.7 cm³/mol. The van der Waals surface area contributed by atoms with Crippen molar-refractivity contribution in [3.8, 4) is 0 Å². The first-order chi connectivity index (χ1) is 9.65. The fraction of sp³-hybridized carbons (Fsp3) is 0.562. The summed E-state index contributed by atoms with van der Waals surface area (Å²) >= 11 is 0. The lowest BCUT2D eigenvalue weighted by Gasteiger charge is -2.18. The Bertz CT molecular complexity index is 439. The third kappa shape index (κ3) is 4.62. The molecular formula is C16H25N3O. The highest BCUT2D eigenvalue weighted by Gasteiger charge is 2.14. The van der Waals surface area contributed by atoms with Crippen LogP contribution in [0.15, 0.2) is 24.3 Å². The molecule has 0 radical (unpaired) electrons. The normalized spacial score (nSPS) is 15.8. The molecule has 0 saturated carbocycles. The van der Waals surface area contributed by atoms with Crippen molar-refractivity contribution < 1.29 is 4.79 Å². The molecule has 1 aliphatic heterocycles. The summed E-state index contributed by atoms with van der Waals surface area (Å²) in [6.07, 6.45) is 2.57. The third-order valence-electron chi connectivity index (χ3n) is 3.55. The number of para-hydroxylation sites is 1. The van der Waals surface area contributed by atoms with Crippen LogP contribution in [0.2, 0.25) is 0 Å². The largest absolute Gasteiger partial charge is 0.325 e. The van der Waals surface area contributed by atoms with Crippen molar-refractivity contribution in [1.29, 1.82) is 0 Å². The van der Waals surface area contributed by atoms with Crippen molar-refractivity contribution in [3.63, 3.8) is 0 Å². The lowest BCUT2D eigenvalue weighted by Crippen LogP contribution is -2.33. The van der Waals surface area contributed by atoms with Crippen molar-refractivity contribution in [2.75, 3.05) is 25.0 Å². The molecule has 0 atom stereocenters. The minimum atomic E-state index is 0.0209. The molecule has 110 valence electrons. The monoisotopic (exact) mass is 275 g/mol. The maximum atomic E-state index is 11.9. The lowest BCUT2D eigenvalue weighted by atomic mass is 10.1. The Labute approximate surface area is 121 Å². The van der Waals surface area contributed by atoms with E-state index in [2.05, 4.69) is 21.6 Å². The van der Waals surface area contributed by atoms with Gasteiger partial charge in [0.15, 0.2) is 0 Å². The SMILES string of the molecule is CC(C)NCC(=O)Nc1ccccc1CN1CCCC1. The summed E-state index contributed by atoms with van der Waals surface area (Å²) in [5, 5.41) is 6.15. The number of likely N-dealkylation sites (tertiary alicyclic amines) is 1. The predicted octanol–water partition coefficient (Wildman–Crippen LogP) is 2.22. The Morgan fingerprint density at radius 1 is 1.25 bits per heavy atom. The second-order valence-electron chi connectivity index (χ2n) is 5.72. The fourth-order valence-corrected chi connectivity index (χ4v) is 2.45. The molecular weight excluding hydrogens is 250 g/mol. The van der Waals surface area contributed by atoms with E-state index < -0.39 is 0 Å². The summed E-state index contributed by atoms with van der Waals surface area (Å²) in [6, 6.07) is 8.41. The Kier molecular flexibility index (Phi) is 5.56. The van der Waals surface area contributed by atoms with Crippen molar-refractivity contribution in [1.82, 2.24) is 10.2 Å². The van der Waals surface area contributed by atoms with Gasteiger partial charge in [-0.05, 0) is 37.6 Å². The fourth-order valence-electron chi connectivity index (χ4n) is 2.45. The smallest absolute Gasteiger partial charge is 0.238 e. The molecule has 4 heteroatoms. The highest BCUT2D eigenvalue weighted by atomic mass is 16.1. The molecule has 1 aliphatic rings. The number of carbonyl (C=O) groups excluding carboxylic acids is 1. The van der Waals surface area contributed by atoms with Crippen molar-refractivity contribution in [3.05, 3.63) is 29.8 Å². The summed E-state index contributed by atoms with van der Waals surface area (Å²) in [4.78, 5) is 14.4. The van der Waals surface area contributed by atoms with E-state index in [0.717, 1.165) is 25.3 Å².